The van der Waals surface area contributed by atoms with E-state index in [4.69, 9.17) is 17.3 Å². The summed E-state index contributed by atoms with van der Waals surface area (Å²) in [7, 11) is 1.84. The van der Waals surface area contributed by atoms with Gasteiger partial charge in [-0.1, -0.05) is 11.6 Å². The first kappa shape index (κ1) is 9.66. The molecule has 0 radical (unpaired) electrons. The van der Waals surface area contributed by atoms with Crippen molar-refractivity contribution < 1.29 is 4.79 Å². The first-order valence-electron chi connectivity index (χ1n) is 5.04. The SMILES string of the molecule is Cn1cc2c3c1C(=O)C(N)=C(Cl)C3=NCC2. The second-order valence-electron chi connectivity index (χ2n) is 4.03. The van der Waals surface area contributed by atoms with E-state index in [1.54, 1.807) is 0 Å². The number of nitrogens with zero attached hydrogens (tertiary/aromatic N) is 2. The van der Waals surface area contributed by atoms with Crippen LogP contribution in [0, 0.1) is 0 Å². The van der Waals surface area contributed by atoms with Crippen molar-refractivity contribution in [3.8, 4) is 0 Å². The van der Waals surface area contributed by atoms with E-state index in [1.807, 2.05) is 17.8 Å². The average molecular weight is 236 g/mol. The largest absolute Gasteiger partial charge is 0.394 e. The summed E-state index contributed by atoms with van der Waals surface area (Å²) in [6.45, 7) is 0.698. The zero-order valence-corrected chi connectivity index (χ0v) is 9.51. The number of Topliss-reactive ketones (excluding diaryl/α,β-unsaturated/α-hetero) is 1. The van der Waals surface area contributed by atoms with E-state index in [1.165, 1.54) is 0 Å². The number of ketones is 1. The van der Waals surface area contributed by atoms with Gasteiger partial charge in [0.2, 0.25) is 5.78 Å². The Bertz CT molecular complexity index is 580. The van der Waals surface area contributed by atoms with Crippen LogP contribution in [0.2, 0.25) is 0 Å². The number of hydrogen-bond donors (Lipinski definition) is 1. The Morgan fingerprint density at radius 1 is 1.56 bits per heavy atom. The highest BCUT2D eigenvalue weighted by molar-refractivity contribution is 6.51. The molecule has 0 aromatic carbocycles. The van der Waals surface area contributed by atoms with Gasteiger partial charge in [0.25, 0.3) is 0 Å². The molecule has 0 saturated carbocycles. The quantitative estimate of drug-likeness (QED) is 0.729. The summed E-state index contributed by atoms with van der Waals surface area (Å²) < 4.78 is 1.81. The van der Waals surface area contributed by atoms with Crippen LogP contribution < -0.4 is 5.73 Å². The van der Waals surface area contributed by atoms with Crippen molar-refractivity contribution in [2.24, 2.45) is 17.8 Å². The number of carbonyl (C=O) groups is 1. The smallest absolute Gasteiger partial charge is 0.227 e. The van der Waals surface area contributed by atoms with E-state index in [0.717, 1.165) is 17.5 Å². The number of halogens is 1. The Hall–Kier alpha value is -1.55. The van der Waals surface area contributed by atoms with Crippen molar-refractivity contribution >= 4 is 23.1 Å². The zero-order chi connectivity index (χ0) is 11.4. The maximum atomic E-state index is 12.0. The maximum absolute atomic E-state index is 12.0. The first-order valence-corrected chi connectivity index (χ1v) is 5.42. The van der Waals surface area contributed by atoms with Gasteiger partial charge in [-0.15, -0.1) is 0 Å². The number of carbonyl (C=O) groups excluding carboxylic acids is 1. The van der Waals surface area contributed by atoms with Crippen LogP contribution in [0.4, 0.5) is 0 Å². The Labute approximate surface area is 97.4 Å². The lowest BCUT2D eigenvalue weighted by Gasteiger charge is -2.20. The molecule has 0 unspecified atom stereocenters. The third-order valence-corrected chi connectivity index (χ3v) is 3.43. The lowest BCUT2D eigenvalue weighted by Crippen LogP contribution is -2.28. The summed E-state index contributed by atoms with van der Waals surface area (Å²) in [4.78, 5) is 16.4. The standard InChI is InChI=1S/C11H10ClN3O/c1-15-4-5-2-3-14-9-6(5)10(15)11(16)8(13)7(9)12/h4H,2-3,13H2,1H3. The lowest BCUT2D eigenvalue weighted by atomic mass is 9.92. The van der Waals surface area contributed by atoms with Gasteiger partial charge >= 0.3 is 0 Å². The summed E-state index contributed by atoms with van der Waals surface area (Å²) in [5.41, 5.74) is 9.09. The van der Waals surface area contributed by atoms with Gasteiger partial charge in [-0.3, -0.25) is 9.79 Å². The highest BCUT2D eigenvalue weighted by Gasteiger charge is 2.34. The molecule has 1 aromatic heterocycles. The minimum absolute atomic E-state index is 0.0996. The number of allylic oxidation sites excluding steroid dienone is 2. The normalized spacial score (nSPS) is 18.6. The summed E-state index contributed by atoms with van der Waals surface area (Å²) >= 11 is 6.06. The Balaban J connectivity index is 2.40. The molecule has 0 amide bonds. The third-order valence-electron chi connectivity index (χ3n) is 3.05. The minimum Gasteiger partial charge on any atom is -0.394 e. The number of aromatic nitrogens is 1. The lowest BCUT2D eigenvalue weighted by molar-refractivity contribution is 0.102. The van der Waals surface area contributed by atoms with E-state index in [0.29, 0.717) is 23.0 Å². The fourth-order valence-corrected chi connectivity index (χ4v) is 2.56. The fourth-order valence-electron chi connectivity index (χ4n) is 2.32. The van der Waals surface area contributed by atoms with Crippen LogP contribution in [0.15, 0.2) is 21.9 Å². The number of nitrogens with two attached hydrogens (primary N) is 1. The molecule has 0 saturated heterocycles. The van der Waals surface area contributed by atoms with Crippen LogP contribution in [0.25, 0.3) is 0 Å². The van der Waals surface area contributed by atoms with Gasteiger partial charge in [0, 0.05) is 25.4 Å². The topological polar surface area (TPSA) is 60.4 Å². The molecular weight excluding hydrogens is 226 g/mol. The summed E-state index contributed by atoms with van der Waals surface area (Å²) in [6, 6.07) is 0. The molecule has 82 valence electrons. The molecule has 1 aromatic rings. The van der Waals surface area contributed by atoms with E-state index < -0.39 is 0 Å². The molecule has 0 atom stereocenters. The molecule has 2 N–H and O–H groups in total. The molecule has 0 fully saturated rings. The molecule has 16 heavy (non-hydrogen) atoms. The number of aryl methyl sites for hydroxylation is 1. The van der Waals surface area contributed by atoms with Crippen LogP contribution in [-0.4, -0.2) is 22.6 Å². The molecule has 3 rings (SSSR count). The molecule has 2 aliphatic rings. The molecule has 1 aliphatic carbocycles. The predicted molar refractivity (Wildman–Crippen MR) is 61.9 cm³/mol. The highest BCUT2D eigenvalue weighted by atomic mass is 35.5. The fraction of sp³-hybridized carbons (Fsp3) is 0.273. The van der Waals surface area contributed by atoms with Crippen LogP contribution in [0.1, 0.15) is 21.6 Å². The molecule has 1 aliphatic heterocycles. The minimum atomic E-state index is -0.199. The Morgan fingerprint density at radius 3 is 3.06 bits per heavy atom. The number of aliphatic imine (C=N–C) groups is 1. The molecule has 4 nitrogen and oxygen atoms in total. The van der Waals surface area contributed by atoms with Crippen molar-refractivity contribution in [1.29, 1.82) is 0 Å². The summed E-state index contributed by atoms with van der Waals surface area (Å²) in [5.74, 6) is -0.199. The van der Waals surface area contributed by atoms with Crippen molar-refractivity contribution in [1.82, 2.24) is 4.57 Å². The van der Waals surface area contributed by atoms with Gasteiger partial charge in [-0.2, -0.15) is 0 Å². The van der Waals surface area contributed by atoms with Crippen molar-refractivity contribution in [3.05, 3.63) is 33.7 Å². The van der Waals surface area contributed by atoms with Gasteiger partial charge < -0.3 is 10.3 Å². The number of rotatable bonds is 0. The summed E-state index contributed by atoms with van der Waals surface area (Å²) in [5, 5.41) is 0.296. The van der Waals surface area contributed by atoms with Gasteiger partial charge in [-0.25, -0.2) is 0 Å². The Morgan fingerprint density at radius 2 is 2.31 bits per heavy atom. The number of hydrogen-bond acceptors (Lipinski definition) is 3. The van der Waals surface area contributed by atoms with E-state index in [2.05, 4.69) is 4.99 Å². The van der Waals surface area contributed by atoms with Crippen LogP contribution in [-0.2, 0) is 13.5 Å². The molecule has 5 heteroatoms. The monoisotopic (exact) mass is 235 g/mol. The van der Waals surface area contributed by atoms with E-state index in [9.17, 15) is 4.79 Å². The zero-order valence-electron chi connectivity index (χ0n) is 8.75. The van der Waals surface area contributed by atoms with Gasteiger partial charge in [0.05, 0.1) is 10.7 Å². The highest BCUT2D eigenvalue weighted by Crippen LogP contribution is 2.32. The molecule has 2 heterocycles. The predicted octanol–water partition coefficient (Wildman–Crippen LogP) is 0.976. The molecule has 0 spiro atoms. The second-order valence-corrected chi connectivity index (χ2v) is 4.40. The maximum Gasteiger partial charge on any atom is 0.227 e. The third kappa shape index (κ3) is 0.998. The average Bonchev–Trinajstić information content (AvgIpc) is 2.60. The van der Waals surface area contributed by atoms with Crippen LogP contribution in [0.5, 0.6) is 0 Å². The second kappa shape index (κ2) is 2.98. The molecule has 0 bridgehead atoms. The van der Waals surface area contributed by atoms with Crippen molar-refractivity contribution in [2.45, 2.75) is 6.42 Å². The van der Waals surface area contributed by atoms with Gasteiger partial charge in [0.1, 0.15) is 11.4 Å². The first-order chi connectivity index (χ1) is 7.61. The summed E-state index contributed by atoms with van der Waals surface area (Å²) in [6.07, 6.45) is 2.81. The van der Waals surface area contributed by atoms with Crippen LogP contribution in [0.3, 0.4) is 0 Å². The molecular formula is C11H10ClN3O. The van der Waals surface area contributed by atoms with E-state index >= 15 is 0 Å². The van der Waals surface area contributed by atoms with Gasteiger partial charge in [-0.05, 0) is 12.0 Å². The Kier molecular flexibility index (Phi) is 1.80. The van der Waals surface area contributed by atoms with E-state index in [-0.39, 0.29) is 11.5 Å². The van der Waals surface area contributed by atoms with Gasteiger partial charge in [0.15, 0.2) is 0 Å². The van der Waals surface area contributed by atoms with Crippen molar-refractivity contribution in [3.63, 3.8) is 0 Å². The van der Waals surface area contributed by atoms with Crippen LogP contribution >= 0.6 is 11.6 Å². The van der Waals surface area contributed by atoms with Crippen molar-refractivity contribution in [2.75, 3.05) is 6.54 Å².